The molecular weight excluding hydrogens is 254 g/mol. The first-order valence-corrected chi connectivity index (χ1v) is 6.13. The van der Waals surface area contributed by atoms with Crippen LogP contribution in [0.25, 0.3) is 21.9 Å². The minimum absolute atomic E-state index is 0.0157. The van der Waals surface area contributed by atoms with Crippen molar-refractivity contribution in [2.45, 2.75) is 0 Å². The van der Waals surface area contributed by atoms with E-state index in [-0.39, 0.29) is 11.4 Å². The van der Waals surface area contributed by atoms with Crippen LogP contribution in [0.5, 0.6) is 5.75 Å². The summed E-state index contributed by atoms with van der Waals surface area (Å²) in [6.07, 6.45) is 0. The predicted molar refractivity (Wildman–Crippen MR) is 77.7 cm³/mol. The molecule has 0 spiro atoms. The van der Waals surface area contributed by atoms with Gasteiger partial charge in [-0.05, 0) is 17.5 Å². The second kappa shape index (κ2) is 4.66. The Morgan fingerprint density at radius 1 is 0.850 bits per heavy atom. The molecule has 0 saturated carbocycles. The number of nitro benzene ring substituents is 1. The van der Waals surface area contributed by atoms with Crippen LogP contribution in [0.4, 0.5) is 5.69 Å². The smallest absolute Gasteiger partial charge is 0.277 e. The summed E-state index contributed by atoms with van der Waals surface area (Å²) in [7, 11) is 0. The summed E-state index contributed by atoms with van der Waals surface area (Å²) < 4.78 is 0. The van der Waals surface area contributed by atoms with Gasteiger partial charge in [-0.3, -0.25) is 10.1 Å². The monoisotopic (exact) mass is 265 g/mol. The van der Waals surface area contributed by atoms with Crippen molar-refractivity contribution < 1.29 is 10.0 Å². The van der Waals surface area contributed by atoms with Crippen molar-refractivity contribution in [1.29, 1.82) is 0 Å². The van der Waals surface area contributed by atoms with Crippen LogP contribution < -0.4 is 0 Å². The van der Waals surface area contributed by atoms with Crippen LogP contribution in [0.15, 0.2) is 60.7 Å². The molecular formula is C16H11NO3. The molecule has 4 nitrogen and oxygen atoms in total. The second-order valence-electron chi connectivity index (χ2n) is 4.46. The van der Waals surface area contributed by atoms with E-state index >= 15 is 0 Å². The number of hydrogen-bond acceptors (Lipinski definition) is 3. The van der Waals surface area contributed by atoms with E-state index in [1.807, 2.05) is 24.3 Å². The predicted octanol–water partition coefficient (Wildman–Crippen LogP) is 4.12. The molecule has 4 heteroatoms. The summed E-state index contributed by atoms with van der Waals surface area (Å²) in [5.74, 6) is 0.0670. The van der Waals surface area contributed by atoms with Crippen LogP contribution in [0, 0.1) is 10.1 Å². The van der Waals surface area contributed by atoms with Crippen molar-refractivity contribution in [2.24, 2.45) is 0 Å². The number of benzene rings is 3. The zero-order valence-corrected chi connectivity index (χ0v) is 10.5. The molecule has 0 radical (unpaired) electrons. The van der Waals surface area contributed by atoms with E-state index in [2.05, 4.69) is 0 Å². The summed E-state index contributed by atoms with van der Waals surface area (Å²) in [5.41, 5.74) is 0.870. The van der Waals surface area contributed by atoms with Crippen molar-refractivity contribution in [1.82, 2.24) is 0 Å². The second-order valence-corrected chi connectivity index (χ2v) is 4.46. The van der Waals surface area contributed by atoms with E-state index in [9.17, 15) is 15.2 Å². The van der Waals surface area contributed by atoms with Crippen molar-refractivity contribution >= 4 is 16.5 Å². The molecule has 0 aromatic heterocycles. The van der Waals surface area contributed by atoms with Gasteiger partial charge in [0.15, 0.2) is 0 Å². The SMILES string of the molecule is O=[N+]([O-])c1ccccc1-c1ccc2ccccc2c1O. The lowest BCUT2D eigenvalue weighted by atomic mass is 9.98. The van der Waals surface area contributed by atoms with Crippen molar-refractivity contribution in [3.63, 3.8) is 0 Å². The maximum Gasteiger partial charge on any atom is 0.277 e. The topological polar surface area (TPSA) is 63.4 Å². The Morgan fingerprint density at radius 3 is 2.35 bits per heavy atom. The summed E-state index contributed by atoms with van der Waals surface area (Å²) in [4.78, 5) is 10.7. The minimum Gasteiger partial charge on any atom is -0.507 e. The largest absolute Gasteiger partial charge is 0.507 e. The van der Waals surface area contributed by atoms with Gasteiger partial charge in [-0.2, -0.15) is 0 Å². The molecule has 3 aromatic rings. The summed E-state index contributed by atoms with van der Waals surface area (Å²) in [6, 6.07) is 17.3. The maximum atomic E-state index is 11.1. The number of phenolic OH excluding ortho intramolecular Hbond substituents is 1. The standard InChI is InChI=1S/C16H11NO3/c18-16-12-6-2-1-5-11(12)9-10-14(16)13-7-3-4-8-15(13)17(19)20/h1-10,18H. The van der Waals surface area contributed by atoms with Gasteiger partial charge in [0.05, 0.1) is 10.5 Å². The number of para-hydroxylation sites is 1. The number of nitro groups is 1. The highest BCUT2D eigenvalue weighted by Gasteiger charge is 2.17. The number of fused-ring (bicyclic) bond motifs is 1. The van der Waals surface area contributed by atoms with Crippen LogP contribution in [0.2, 0.25) is 0 Å². The molecule has 3 rings (SSSR count). The highest BCUT2D eigenvalue weighted by molar-refractivity contribution is 5.96. The third-order valence-corrected chi connectivity index (χ3v) is 3.29. The summed E-state index contributed by atoms with van der Waals surface area (Å²) in [5, 5.41) is 23.1. The van der Waals surface area contributed by atoms with Gasteiger partial charge < -0.3 is 5.11 Å². The van der Waals surface area contributed by atoms with Gasteiger partial charge >= 0.3 is 0 Å². The third-order valence-electron chi connectivity index (χ3n) is 3.29. The molecule has 3 aromatic carbocycles. The molecule has 0 fully saturated rings. The van der Waals surface area contributed by atoms with Gasteiger partial charge in [-0.15, -0.1) is 0 Å². The molecule has 0 amide bonds. The van der Waals surface area contributed by atoms with Crippen LogP contribution in [0.3, 0.4) is 0 Å². The van der Waals surface area contributed by atoms with Crippen LogP contribution in [-0.4, -0.2) is 10.0 Å². The minimum atomic E-state index is -0.441. The molecule has 0 aliphatic carbocycles. The quantitative estimate of drug-likeness (QED) is 0.560. The first-order chi connectivity index (χ1) is 9.68. The third kappa shape index (κ3) is 1.87. The lowest BCUT2D eigenvalue weighted by Gasteiger charge is -2.08. The molecule has 0 aliphatic heterocycles. The van der Waals surface area contributed by atoms with Gasteiger partial charge in [0.2, 0.25) is 0 Å². The van der Waals surface area contributed by atoms with Crippen LogP contribution in [0.1, 0.15) is 0 Å². The summed E-state index contributed by atoms with van der Waals surface area (Å²) in [6.45, 7) is 0. The summed E-state index contributed by atoms with van der Waals surface area (Å²) >= 11 is 0. The number of rotatable bonds is 2. The molecule has 20 heavy (non-hydrogen) atoms. The molecule has 0 aliphatic rings. The van der Waals surface area contributed by atoms with Gasteiger partial charge in [-0.25, -0.2) is 0 Å². The number of phenols is 1. The highest BCUT2D eigenvalue weighted by atomic mass is 16.6. The average molecular weight is 265 g/mol. The number of nitrogens with zero attached hydrogens (tertiary/aromatic N) is 1. The van der Waals surface area contributed by atoms with E-state index < -0.39 is 4.92 Å². The Hall–Kier alpha value is -2.88. The fourth-order valence-electron chi connectivity index (χ4n) is 2.33. The van der Waals surface area contributed by atoms with E-state index in [4.69, 9.17) is 0 Å². The normalized spacial score (nSPS) is 10.6. The van der Waals surface area contributed by atoms with Gasteiger partial charge in [-0.1, -0.05) is 42.5 Å². The van der Waals surface area contributed by atoms with Gasteiger partial charge in [0.1, 0.15) is 5.75 Å². The Kier molecular flexibility index (Phi) is 2.84. The number of hydrogen-bond donors (Lipinski definition) is 1. The lowest BCUT2D eigenvalue weighted by molar-refractivity contribution is -0.384. The van der Waals surface area contributed by atoms with Gasteiger partial charge in [0.25, 0.3) is 5.69 Å². The Morgan fingerprint density at radius 2 is 1.55 bits per heavy atom. The number of aromatic hydroxyl groups is 1. The average Bonchev–Trinajstić information content (AvgIpc) is 2.48. The van der Waals surface area contributed by atoms with Crippen LogP contribution in [-0.2, 0) is 0 Å². The molecule has 0 atom stereocenters. The Labute approximate surface area is 115 Å². The van der Waals surface area contributed by atoms with Gasteiger partial charge in [0, 0.05) is 17.0 Å². The highest BCUT2D eigenvalue weighted by Crippen LogP contribution is 2.39. The fraction of sp³-hybridized carbons (Fsp3) is 0. The Balaban J connectivity index is 2.31. The van der Waals surface area contributed by atoms with Crippen molar-refractivity contribution in [2.75, 3.05) is 0 Å². The molecule has 98 valence electrons. The van der Waals surface area contributed by atoms with E-state index in [0.717, 1.165) is 5.39 Å². The zero-order valence-electron chi connectivity index (χ0n) is 10.5. The Bertz CT molecular complexity index is 812. The van der Waals surface area contributed by atoms with E-state index in [1.165, 1.54) is 6.07 Å². The lowest BCUT2D eigenvalue weighted by Crippen LogP contribution is -1.92. The fourth-order valence-corrected chi connectivity index (χ4v) is 2.33. The van der Waals surface area contributed by atoms with Crippen molar-refractivity contribution in [3.8, 4) is 16.9 Å². The molecule has 1 N–H and O–H groups in total. The van der Waals surface area contributed by atoms with E-state index in [1.54, 1.807) is 30.3 Å². The molecule has 0 unspecified atom stereocenters. The molecule has 0 heterocycles. The zero-order chi connectivity index (χ0) is 14.1. The van der Waals surface area contributed by atoms with E-state index in [0.29, 0.717) is 16.5 Å². The van der Waals surface area contributed by atoms with Crippen LogP contribution >= 0.6 is 0 Å². The maximum absolute atomic E-state index is 11.1. The first-order valence-electron chi connectivity index (χ1n) is 6.13. The van der Waals surface area contributed by atoms with Crippen molar-refractivity contribution in [3.05, 3.63) is 70.8 Å². The molecule has 0 saturated heterocycles. The molecule has 0 bridgehead atoms. The first kappa shape index (κ1) is 12.2.